The summed E-state index contributed by atoms with van der Waals surface area (Å²) in [5.41, 5.74) is 9.15. The normalized spacial score (nSPS) is 34.1. The van der Waals surface area contributed by atoms with Gasteiger partial charge in [0.15, 0.2) is 0 Å². The van der Waals surface area contributed by atoms with E-state index in [9.17, 15) is 9.59 Å². The summed E-state index contributed by atoms with van der Waals surface area (Å²) in [4.78, 5) is 21.8. The van der Waals surface area contributed by atoms with Crippen molar-refractivity contribution in [1.82, 2.24) is 10.9 Å². The van der Waals surface area contributed by atoms with Crippen LogP contribution >= 0.6 is 0 Å². The molecule has 2 rings (SSSR count). The van der Waals surface area contributed by atoms with Gasteiger partial charge in [-0.3, -0.25) is 10.2 Å². The van der Waals surface area contributed by atoms with Crippen LogP contribution in [-0.4, -0.2) is 24.1 Å². The fourth-order valence-electron chi connectivity index (χ4n) is 2.13. The third kappa shape index (κ3) is 1.65. The van der Waals surface area contributed by atoms with E-state index in [4.69, 9.17) is 10.5 Å². The lowest BCUT2D eigenvalue weighted by atomic mass is 9.89. The summed E-state index contributed by atoms with van der Waals surface area (Å²) in [5, 5.41) is 0. The quantitative estimate of drug-likeness (QED) is 0.485. The summed E-state index contributed by atoms with van der Waals surface area (Å²) in [6, 6.07) is -0.762. The molecule has 0 aromatic heterocycles. The Morgan fingerprint density at radius 2 is 2.07 bits per heavy atom. The van der Waals surface area contributed by atoms with Crippen LogP contribution in [0.25, 0.3) is 0 Å². The van der Waals surface area contributed by atoms with Crippen LogP contribution in [0.5, 0.6) is 0 Å². The van der Waals surface area contributed by atoms with E-state index in [1.165, 1.54) is 0 Å². The van der Waals surface area contributed by atoms with Crippen LogP contribution in [0.15, 0.2) is 0 Å². The Labute approximate surface area is 81.1 Å². The molecule has 4 N–H and O–H groups in total. The van der Waals surface area contributed by atoms with Gasteiger partial charge in [-0.25, -0.2) is 10.2 Å². The number of urea groups is 1. The van der Waals surface area contributed by atoms with Crippen molar-refractivity contribution in [1.29, 1.82) is 0 Å². The van der Waals surface area contributed by atoms with Crippen molar-refractivity contribution in [2.24, 2.45) is 11.7 Å². The zero-order valence-corrected chi connectivity index (χ0v) is 7.66. The highest BCUT2D eigenvalue weighted by molar-refractivity contribution is 5.82. The van der Waals surface area contributed by atoms with Gasteiger partial charge in [0.2, 0.25) is 5.91 Å². The van der Waals surface area contributed by atoms with E-state index in [2.05, 4.69) is 10.9 Å². The highest BCUT2D eigenvalue weighted by Gasteiger charge is 2.44. The molecular formula is C8H13N3O3. The molecule has 3 amide bonds. The Morgan fingerprint density at radius 1 is 1.29 bits per heavy atom. The summed E-state index contributed by atoms with van der Waals surface area (Å²) in [7, 11) is 0. The van der Waals surface area contributed by atoms with Crippen molar-refractivity contribution >= 4 is 11.9 Å². The number of nitrogens with one attached hydrogen (secondary N) is 2. The highest BCUT2D eigenvalue weighted by atomic mass is 16.5. The summed E-state index contributed by atoms with van der Waals surface area (Å²) >= 11 is 0. The van der Waals surface area contributed by atoms with Crippen LogP contribution in [0.4, 0.5) is 4.79 Å². The van der Waals surface area contributed by atoms with Gasteiger partial charge >= 0.3 is 6.03 Å². The molecule has 6 heteroatoms. The maximum atomic E-state index is 11.5. The average molecular weight is 199 g/mol. The first-order valence-electron chi connectivity index (χ1n) is 4.67. The Bertz CT molecular complexity index is 269. The maximum Gasteiger partial charge on any atom is 0.330 e. The van der Waals surface area contributed by atoms with E-state index in [0.29, 0.717) is 0 Å². The zero-order valence-electron chi connectivity index (χ0n) is 7.66. The number of amides is 3. The first-order valence-corrected chi connectivity index (χ1v) is 4.67. The molecule has 6 nitrogen and oxygen atoms in total. The minimum Gasteiger partial charge on any atom is -0.374 e. The van der Waals surface area contributed by atoms with E-state index >= 15 is 0 Å². The van der Waals surface area contributed by atoms with Gasteiger partial charge in [-0.2, -0.15) is 0 Å². The SMILES string of the molecule is NC(=O)NNC(=O)C1CC2CCC1O2. The van der Waals surface area contributed by atoms with Crippen LogP contribution in [0.3, 0.4) is 0 Å². The molecule has 2 heterocycles. The molecule has 3 atom stereocenters. The van der Waals surface area contributed by atoms with Crippen molar-refractivity contribution < 1.29 is 14.3 Å². The largest absolute Gasteiger partial charge is 0.374 e. The smallest absolute Gasteiger partial charge is 0.330 e. The summed E-state index contributed by atoms with van der Waals surface area (Å²) in [5.74, 6) is -0.350. The first-order chi connectivity index (χ1) is 6.66. The molecule has 2 bridgehead atoms. The molecule has 0 saturated carbocycles. The van der Waals surface area contributed by atoms with E-state index < -0.39 is 6.03 Å². The summed E-state index contributed by atoms with van der Waals surface area (Å²) in [6.07, 6.45) is 2.97. The van der Waals surface area contributed by atoms with Crippen molar-refractivity contribution in [2.75, 3.05) is 0 Å². The number of primary amides is 1. The fraction of sp³-hybridized carbons (Fsp3) is 0.750. The van der Waals surface area contributed by atoms with Crippen LogP contribution in [-0.2, 0) is 9.53 Å². The second-order valence-corrected chi connectivity index (χ2v) is 3.69. The predicted molar refractivity (Wildman–Crippen MR) is 46.9 cm³/mol. The van der Waals surface area contributed by atoms with E-state index in [1.54, 1.807) is 0 Å². The number of nitrogens with two attached hydrogens (primary N) is 1. The van der Waals surface area contributed by atoms with Crippen LogP contribution < -0.4 is 16.6 Å². The van der Waals surface area contributed by atoms with Gasteiger partial charge in [-0.05, 0) is 19.3 Å². The minimum absolute atomic E-state index is 0.0228. The number of hydrazine groups is 1. The number of fused-ring (bicyclic) bond motifs is 2. The lowest BCUT2D eigenvalue weighted by Crippen LogP contribution is -2.48. The van der Waals surface area contributed by atoms with Gasteiger partial charge in [-0.15, -0.1) is 0 Å². The van der Waals surface area contributed by atoms with E-state index in [-0.39, 0.29) is 24.0 Å². The topological polar surface area (TPSA) is 93.5 Å². The van der Waals surface area contributed by atoms with Gasteiger partial charge in [-0.1, -0.05) is 0 Å². The van der Waals surface area contributed by atoms with Crippen LogP contribution in [0.1, 0.15) is 19.3 Å². The zero-order chi connectivity index (χ0) is 10.1. The molecule has 2 saturated heterocycles. The molecular weight excluding hydrogens is 186 g/mol. The standard InChI is InChI=1S/C8H13N3O3/c9-8(13)11-10-7(12)5-3-4-1-2-6(5)14-4/h4-6H,1-3H2,(H,10,12)(H3,9,11,13). The Morgan fingerprint density at radius 3 is 2.57 bits per heavy atom. The number of hydrogen-bond acceptors (Lipinski definition) is 3. The Hall–Kier alpha value is -1.30. The molecule has 0 aliphatic carbocycles. The van der Waals surface area contributed by atoms with Crippen LogP contribution in [0, 0.1) is 5.92 Å². The highest BCUT2D eigenvalue weighted by Crippen LogP contribution is 2.38. The Balaban J connectivity index is 1.84. The Kier molecular flexibility index (Phi) is 2.28. The number of carbonyl (C=O) groups is 2. The molecule has 0 spiro atoms. The van der Waals surface area contributed by atoms with E-state index in [1.807, 2.05) is 0 Å². The van der Waals surface area contributed by atoms with Crippen molar-refractivity contribution in [3.05, 3.63) is 0 Å². The van der Waals surface area contributed by atoms with Crippen molar-refractivity contribution in [3.63, 3.8) is 0 Å². The number of rotatable bonds is 1. The predicted octanol–water partition coefficient (Wildman–Crippen LogP) is -0.747. The van der Waals surface area contributed by atoms with E-state index in [0.717, 1.165) is 19.3 Å². The lowest BCUT2D eigenvalue weighted by Gasteiger charge is -2.17. The average Bonchev–Trinajstić information content (AvgIpc) is 2.74. The van der Waals surface area contributed by atoms with Gasteiger partial charge in [0.25, 0.3) is 0 Å². The summed E-state index contributed by atoms with van der Waals surface area (Å²) < 4.78 is 5.51. The van der Waals surface area contributed by atoms with Crippen molar-refractivity contribution in [2.45, 2.75) is 31.5 Å². The number of hydrogen-bond donors (Lipinski definition) is 3. The molecule has 3 unspecified atom stereocenters. The molecule has 2 aliphatic rings. The van der Waals surface area contributed by atoms with Crippen LogP contribution in [0.2, 0.25) is 0 Å². The fourth-order valence-corrected chi connectivity index (χ4v) is 2.13. The minimum atomic E-state index is -0.762. The van der Waals surface area contributed by atoms with Gasteiger partial charge in [0.1, 0.15) is 0 Å². The number of ether oxygens (including phenoxy) is 1. The van der Waals surface area contributed by atoms with Gasteiger partial charge < -0.3 is 10.5 Å². The van der Waals surface area contributed by atoms with Gasteiger partial charge in [0.05, 0.1) is 18.1 Å². The molecule has 2 fully saturated rings. The molecule has 0 aromatic carbocycles. The second kappa shape index (κ2) is 3.45. The van der Waals surface area contributed by atoms with Gasteiger partial charge in [0, 0.05) is 0 Å². The second-order valence-electron chi connectivity index (χ2n) is 3.69. The molecule has 0 aromatic rings. The molecule has 14 heavy (non-hydrogen) atoms. The lowest BCUT2D eigenvalue weighted by molar-refractivity contribution is -0.127. The van der Waals surface area contributed by atoms with Crippen molar-refractivity contribution in [3.8, 4) is 0 Å². The number of carbonyl (C=O) groups excluding carboxylic acids is 2. The third-order valence-electron chi connectivity index (χ3n) is 2.75. The monoisotopic (exact) mass is 199 g/mol. The maximum absolute atomic E-state index is 11.5. The molecule has 2 aliphatic heterocycles. The molecule has 78 valence electrons. The first kappa shape index (κ1) is 9.26. The molecule has 0 radical (unpaired) electrons. The third-order valence-corrected chi connectivity index (χ3v) is 2.75. The summed E-state index contributed by atoms with van der Waals surface area (Å²) in [6.45, 7) is 0.